The third kappa shape index (κ3) is 2.32. The van der Waals surface area contributed by atoms with Gasteiger partial charge < -0.3 is 10.1 Å². The molecule has 86 valence electrons. The molecule has 1 amide bonds. The number of carbonyl (C=O) groups excluding carboxylic acids is 1. The normalized spacial score (nSPS) is 34.1. The second kappa shape index (κ2) is 3.76. The van der Waals surface area contributed by atoms with Crippen molar-refractivity contribution in [3.63, 3.8) is 0 Å². The fourth-order valence-corrected chi connectivity index (χ4v) is 2.12. The van der Waals surface area contributed by atoms with Gasteiger partial charge in [0.05, 0.1) is 12.1 Å². The maximum atomic E-state index is 12.0. The zero-order valence-electron chi connectivity index (χ0n) is 9.75. The van der Waals surface area contributed by atoms with Crippen molar-refractivity contribution >= 4 is 5.91 Å². The van der Waals surface area contributed by atoms with Gasteiger partial charge in [0.25, 0.3) is 0 Å². The summed E-state index contributed by atoms with van der Waals surface area (Å²) in [5.41, 5.74) is 0.0864. The molecule has 0 aromatic heterocycles. The van der Waals surface area contributed by atoms with Gasteiger partial charge >= 0.3 is 0 Å². The molecule has 0 aromatic rings. The maximum Gasteiger partial charge on any atom is 0.237 e. The lowest BCUT2D eigenvalue weighted by atomic mass is 10.1. The third-order valence-electron chi connectivity index (χ3n) is 3.57. The fourth-order valence-electron chi connectivity index (χ4n) is 2.12. The summed E-state index contributed by atoms with van der Waals surface area (Å²) in [6.45, 7) is 2.96. The van der Waals surface area contributed by atoms with E-state index in [-0.39, 0.29) is 23.6 Å². The van der Waals surface area contributed by atoms with Gasteiger partial charge in [-0.2, -0.15) is 0 Å². The van der Waals surface area contributed by atoms with Crippen LogP contribution in [-0.2, 0) is 9.53 Å². The van der Waals surface area contributed by atoms with Gasteiger partial charge in [-0.3, -0.25) is 9.69 Å². The summed E-state index contributed by atoms with van der Waals surface area (Å²) in [6, 6.07) is -0.00706. The van der Waals surface area contributed by atoms with Crippen LogP contribution in [0.5, 0.6) is 0 Å². The maximum absolute atomic E-state index is 12.0. The Morgan fingerprint density at radius 3 is 2.67 bits per heavy atom. The number of hydrogen-bond donors (Lipinski definition) is 1. The lowest BCUT2D eigenvalue weighted by molar-refractivity contribution is -0.126. The molecule has 1 saturated heterocycles. The van der Waals surface area contributed by atoms with Gasteiger partial charge in [-0.1, -0.05) is 0 Å². The highest BCUT2D eigenvalue weighted by Crippen LogP contribution is 2.34. The van der Waals surface area contributed by atoms with Gasteiger partial charge in [0, 0.05) is 19.2 Å². The van der Waals surface area contributed by atoms with Crippen LogP contribution in [0.3, 0.4) is 0 Å². The highest BCUT2D eigenvalue weighted by Gasteiger charge is 2.42. The molecule has 2 aliphatic rings. The standard InChI is InChI=1S/C11H20N2O2/c1-11(4-5-11)12-10(14)9-6-8(15-3)7-13(9)2/h8-9H,4-7H2,1-3H3,(H,12,14)/t8?,9-/m0/s1. The average Bonchev–Trinajstić information content (AvgIpc) is 2.77. The molecule has 1 unspecified atom stereocenters. The molecule has 0 aromatic carbocycles. The van der Waals surface area contributed by atoms with Crippen LogP contribution in [-0.4, -0.2) is 49.2 Å². The molecule has 1 heterocycles. The number of ether oxygens (including phenoxy) is 1. The second-order valence-corrected chi connectivity index (χ2v) is 5.10. The molecule has 0 bridgehead atoms. The first-order valence-electron chi connectivity index (χ1n) is 5.59. The van der Waals surface area contributed by atoms with Crippen molar-refractivity contribution < 1.29 is 9.53 Å². The van der Waals surface area contributed by atoms with Crippen molar-refractivity contribution in [2.45, 2.75) is 43.9 Å². The van der Waals surface area contributed by atoms with E-state index in [4.69, 9.17) is 4.74 Å². The molecule has 15 heavy (non-hydrogen) atoms. The zero-order valence-corrected chi connectivity index (χ0v) is 9.75. The van der Waals surface area contributed by atoms with Crippen molar-refractivity contribution in [1.82, 2.24) is 10.2 Å². The number of carbonyl (C=O) groups is 1. The summed E-state index contributed by atoms with van der Waals surface area (Å²) in [4.78, 5) is 14.0. The van der Waals surface area contributed by atoms with Crippen LogP contribution in [0.2, 0.25) is 0 Å². The van der Waals surface area contributed by atoms with Gasteiger partial charge in [-0.05, 0) is 33.2 Å². The molecule has 1 N–H and O–H groups in total. The van der Waals surface area contributed by atoms with Crippen LogP contribution in [0.1, 0.15) is 26.2 Å². The zero-order chi connectivity index (χ0) is 11.1. The fraction of sp³-hybridized carbons (Fsp3) is 0.909. The number of methoxy groups -OCH3 is 1. The summed E-state index contributed by atoms with van der Waals surface area (Å²) in [6.07, 6.45) is 3.25. The molecule has 0 radical (unpaired) electrons. The van der Waals surface area contributed by atoms with Crippen molar-refractivity contribution in [1.29, 1.82) is 0 Å². The van der Waals surface area contributed by atoms with Crippen LogP contribution < -0.4 is 5.32 Å². The largest absolute Gasteiger partial charge is 0.380 e. The van der Waals surface area contributed by atoms with Gasteiger partial charge in [-0.15, -0.1) is 0 Å². The number of amides is 1. The van der Waals surface area contributed by atoms with Gasteiger partial charge in [-0.25, -0.2) is 0 Å². The topological polar surface area (TPSA) is 41.6 Å². The Morgan fingerprint density at radius 2 is 2.20 bits per heavy atom. The number of rotatable bonds is 3. The minimum Gasteiger partial charge on any atom is -0.380 e. The first-order valence-corrected chi connectivity index (χ1v) is 5.59. The Kier molecular flexibility index (Phi) is 2.73. The number of likely N-dealkylation sites (tertiary alicyclic amines) is 1. The SMILES string of the molecule is COC1C[C@@H](C(=O)NC2(C)CC2)N(C)C1. The van der Waals surface area contributed by atoms with Crippen LogP contribution >= 0.6 is 0 Å². The van der Waals surface area contributed by atoms with E-state index in [2.05, 4.69) is 17.1 Å². The van der Waals surface area contributed by atoms with Crippen molar-refractivity contribution in [2.24, 2.45) is 0 Å². The van der Waals surface area contributed by atoms with E-state index in [1.807, 2.05) is 7.05 Å². The highest BCUT2D eigenvalue weighted by atomic mass is 16.5. The molecule has 0 spiro atoms. The second-order valence-electron chi connectivity index (χ2n) is 5.10. The minimum atomic E-state index is -0.00706. The molecule has 2 rings (SSSR count). The molecule has 1 saturated carbocycles. The Hall–Kier alpha value is -0.610. The van der Waals surface area contributed by atoms with E-state index in [0.29, 0.717) is 0 Å². The highest BCUT2D eigenvalue weighted by molar-refractivity contribution is 5.83. The summed E-state index contributed by atoms with van der Waals surface area (Å²) < 4.78 is 5.29. The predicted molar refractivity (Wildman–Crippen MR) is 57.6 cm³/mol. The lowest BCUT2D eigenvalue weighted by Crippen LogP contribution is -2.45. The Morgan fingerprint density at radius 1 is 1.53 bits per heavy atom. The minimum absolute atomic E-state index is 0.00706. The summed E-state index contributed by atoms with van der Waals surface area (Å²) in [5, 5.41) is 3.11. The molecule has 2 fully saturated rings. The van der Waals surface area contributed by atoms with Gasteiger partial charge in [0.2, 0.25) is 5.91 Å². The van der Waals surface area contributed by atoms with Gasteiger partial charge in [0.15, 0.2) is 0 Å². The van der Waals surface area contributed by atoms with E-state index < -0.39 is 0 Å². The smallest absolute Gasteiger partial charge is 0.237 e. The number of likely N-dealkylation sites (N-methyl/N-ethyl adjacent to an activating group) is 1. The van der Waals surface area contributed by atoms with E-state index in [1.54, 1.807) is 7.11 Å². The predicted octanol–water partition coefficient (Wildman–Crippen LogP) is 0.374. The first kappa shape index (κ1) is 10.9. The third-order valence-corrected chi connectivity index (χ3v) is 3.57. The van der Waals surface area contributed by atoms with E-state index >= 15 is 0 Å². The quantitative estimate of drug-likeness (QED) is 0.735. The summed E-state index contributed by atoms with van der Waals surface area (Å²) >= 11 is 0. The molecule has 2 atom stereocenters. The first-order chi connectivity index (χ1) is 7.04. The van der Waals surface area contributed by atoms with E-state index in [1.165, 1.54) is 0 Å². The van der Waals surface area contributed by atoms with Crippen LogP contribution in [0.15, 0.2) is 0 Å². The van der Waals surface area contributed by atoms with Crippen molar-refractivity contribution in [3.8, 4) is 0 Å². The van der Waals surface area contributed by atoms with Gasteiger partial charge in [0.1, 0.15) is 0 Å². The van der Waals surface area contributed by atoms with Crippen LogP contribution in [0, 0.1) is 0 Å². The van der Waals surface area contributed by atoms with Crippen molar-refractivity contribution in [2.75, 3.05) is 20.7 Å². The van der Waals surface area contributed by atoms with Crippen LogP contribution in [0.4, 0.5) is 0 Å². The Labute approximate surface area is 91.0 Å². The Balaban J connectivity index is 1.90. The lowest BCUT2D eigenvalue weighted by Gasteiger charge is -2.20. The van der Waals surface area contributed by atoms with E-state index in [9.17, 15) is 4.79 Å². The molecular formula is C11H20N2O2. The molecular weight excluding hydrogens is 192 g/mol. The Bertz CT molecular complexity index is 263. The molecule has 1 aliphatic heterocycles. The molecule has 4 nitrogen and oxygen atoms in total. The number of nitrogens with one attached hydrogen (secondary N) is 1. The number of nitrogens with zero attached hydrogens (tertiary/aromatic N) is 1. The molecule has 1 aliphatic carbocycles. The monoisotopic (exact) mass is 212 g/mol. The van der Waals surface area contributed by atoms with E-state index in [0.717, 1.165) is 25.8 Å². The summed E-state index contributed by atoms with van der Waals surface area (Å²) in [7, 11) is 3.69. The van der Waals surface area contributed by atoms with Crippen LogP contribution in [0.25, 0.3) is 0 Å². The summed E-state index contributed by atoms with van der Waals surface area (Å²) in [5.74, 6) is 0.164. The number of hydrogen-bond acceptors (Lipinski definition) is 3. The average molecular weight is 212 g/mol. The van der Waals surface area contributed by atoms with Crippen molar-refractivity contribution in [3.05, 3.63) is 0 Å². The molecule has 4 heteroatoms.